The molecule has 0 aliphatic carbocycles. The third-order valence-corrected chi connectivity index (χ3v) is 5.15. The lowest BCUT2D eigenvalue weighted by molar-refractivity contribution is -0.0838. The molecule has 2 heterocycles. The molecule has 1 N–H and O–H groups in total. The van der Waals surface area contributed by atoms with Gasteiger partial charge in [0.25, 0.3) is 5.91 Å². The molecule has 1 aliphatic rings. The summed E-state index contributed by atoms with van der Waals surface area (Å²) in [5.74, 6) is -0.441. The number of nitrogens with zero attached hydrogens (tertiary/aromatic N) is 2. The molecule has 1 aromatic heterocycles. The number of hydrogen-bond donors (Lipinski definition) is 1. The number of nitrogens with one attached hydrogen (secondary N) is 1. The van der Waals surface area contributed by atoms with Crippen molar-refractivity contribution in [2.24, 2.45) is 0 Å². The number of aromatic nitrogens is 2. The molecule has 0 spiro atoms. The van der Waals surface area contributed by atoms with Crippen LogP contribution in [0.2, 0.25) is 0 Å². The maximum atomic E-state index is 12.6. The number of amides is 1. The predicted octanol–water partition coefficient (Wildman–Crippen LogP) is 3.93. The Morgan fingerprint density at radius 2 is 2.04 bits per heavy atom. The Labute approximate surface area is 157 Å². The van der Waals surface area contributed by atoms with E-state index in [0.29, 0.717) is 17.8 Å². The highest BCUT2D eigenvalue weighted by atomic mass is 19.3. The summed E-state index contributed by atoms with van der Waals surface area (Å²) < 4.78 is 31.6. The van der Waals surface area contributed by atoms with Crippen LogP contribution in [0.4, 0.5) is 8.78 Å². The molecule has 1 aliphatic heterocycles. The molecule has 27 heavy (non-hydrogen) atoms. The summed E-state index contributed by atoms with van der Waals surface area (Å²) in [4.78, 5) is 12.2. The van der Waals surface area contributed by atoms with Crippen LogP contribution in [0.15, 0.2) is 42.6 Å². The Kier molecular flexibility index (Phi) is 5.60. The van der Waals surface area contributed by atoms with Crippen molar-refractivity contribution in [2.75, 3.05) is 13.2 Å². The molecule has 0 bridgehead atoms. The first-order valence-corrected chi connectivity index (χ1v) is 9.12. The van der Waals surface area contributed by atoms with Gasteiger partial charge in [0.1, 0.15) is 5.69 Å². The number of carbonyl (C=O) groups excluding carboxylic acids is 1. The second-order valence-corrected chi connectivity index (χ2v) is 7.65. The molecule has 0 radical (unpaired) electrons. The van der Waals surface area contributed by atoms with E-state index in [-0.39, 0.29) is 16.7 Å². The van der Waals surface area contributed by atoms with Gasteiger partial charge in [-0.15, -0.1) is 0 Å². The highest BCUT2D eigenvalue weighted by molar-refractivity contribution is 5.92. The van der Waals surface area contributed by atoms with Crippen molar-refractivity contribution in [1.29, 1.82) is 0 Å². The molecule has 5 nitrogen and oxygen atoms in total. The molecule has 1 saturated heterocycles. The molecule has 1 fully saturated rings. The maximum absolute atomic E-state index is 12.6. The Morgan fingerprint density at radius 3 is 2.67 bits per heavy atom. The number of ether oxygens (including phenoxy) is 1. The fourth-order valence-electron chi connectivity index (χ4n) is 3.95. The minimum Gasteiger partial charge on any atom is -0.376 e. The van der Waals surface area contributed by atoms with Crippen LogP contribution in [0, 0.1) is 0 Å². The van der Waals surface area contributed by atoms with Crippen LogP contribution in [0.5, 0.6) is 0 Å². The van der Waals surface area contributed by atoms with Gasteiger partial charge in [0.15, 0.2) is 0 Å². The van der Waals surface area contributed by atoms with Crippen molar-refractivity contribution in [1.82, 2.24) is 15.1 Å². The topological polar surface area (TPSA) is 56.2 Å². The maximum Gasteiger partial charge on any atom is 0.333 e. The number of benzene rings is 1. The number of rotatable bonds is 6. The second-order valence-electron chi connectivity index (χ2n) is 7.65. The average Bonchev–Trinajstić information content (AvgIpc) is 3.12. The lowest BCUT2D eigenvalue weighted by atomic mass is 9.67. The fraction of sp³-hybridized carbons (Fsp3) is 0.500. The van der Waals surface area contributed by atoms with Crippen LogP contribution in [0.25, 0.3) is 0 Å². The van der Waals surface area contributed by atoms with E-state index < -0.39 is 12.5 Å². The quantitative estimate of drug-likeness (QED) is 0.830. The highest BCUT2D eigenvalue weighted by Gasteiger charge is 2.41. The SMILES string of the molecule is CC1(C)C[C@@](CCNC(=O)c2ccn(C(F)F)n2)(c2ccccc2)CCO1. The highest BCUT2D eigenvalue weighted by Crippen LogP contribution is 2.43. The van der Waals surface area contributed by atoms with Gasteiger partial charge < -0.3 is 10.1 Å². The van der Waals surface area contributed by atoms with E-state index in [2.05, 4.69) is 36.4 Å². The van der Waals surface area contributed by atoms with Gasteiger partial charge in [0, 0.05) is 24.8 Å². The van der Waals surface area contributed by atoms with Crippen LogP contribution in [-0.2, 0) is 10.2 Å². The van der Waals surface area contributed by atoms with Crippen molar-refractivity contribution in [3.8, 4) is 0 Å². The Balaban J connectivity index is 1.69. The Morgan fingerprint density at radius 1 is 1.30 bits per heavy atom. The van der Waals surface area contributed by atoms with Gasteiger partial charge in [-0.25, -0.2) is 4.68 Å². The third kappa shape index (κ3) is 4.53. The molecule has 2 aromatic rings. The normalized spacial score (nSPS) is 22.0. The molecule has 7 heteroatoms. The lowest BCUT2D eigenvalue weighted by Crippen LogP contribution is -2.45. The first kappa shape index (κ1) is 19.5. The molecule has 146 valence electrons. The van der Waals surface area contributed by atoms with Gasteiger partial charge in [0.05, 0.1) is 5.60 Å². The van der Waals surface area contributed by atoms with E-state index in [1.165, 1.54) is 11.6 Å². The van der Waals surface area contributed by atoms with Crippen molar-refractivity contribution >= 4 is 5.91 Å². The van der Waals surface area contributed by atoms with E-state index >= 15 is 0 Å². The van der Waals surface area contributed by atoms with E-state index in [4.69, 9.17) is 4.74 Å². The summed E-state index contributed by atoms with van der Waals surface area (Å²) in [6, 6.07) is 11.6. The van der Waals surface area contributed by atoms with E-state index in [1.807, 2.05) is 18.2 Å². The van der Waals surface area contributed by atoms with Crippen LogP contribution in [0.1, 0.15) is 55.7 Å². The Hall–Kier alpha value is -2.28. The zero-order chi connectivity index (χ0) is 19.5. The molecule has 1 amide bonds. The standard InChI is InChI=1S/C20H25F2N3O2/c1-19(2)14-20(10-13-27-19,15-6-4-3-5-7-15)9-11-23-17(26)16-8-12-25(24-16)18(21)22/h3-8,12,18H,9-11,13-14H2,1-2H3,(H,23,26)/t20-/m0/s1. The first-order valence-electron chi connectivity index (χ1n) is 9.12. The largest absolute Gasteiger partial charge is 0.376 e. The number of alkyl halides is 2. The van der Waals surface area contributed by atoms with Crippen LogP contribution in [0.3, 0.4) is 0 Å². The summed E-state index contributed by atoms with van der Waals surface area (Å²) in [6.07, 6.45) is 3.56. The van der Waals surface area contributed by atoms with Gasteiger partial charge in [-0.3, -0.25) is 4.79 Å². The van der Waals surface area contributed by atoms with Crippen molar-refractivity contribution in [2.45, 2.75) is 50.7 Å². The van der Waals surface area contributed by atoms with Crippen molar-refractivity contribution < 1.29 is 18.3 Å². The van der Waals surface area contributed by atoms with Gasteiger partial charge in [-0.1, -0.05) is 30.3 Å². The first-order chi connectivity index (χ1) is 12.8. The van der Waals surface area contributed by atoms with Gasteiger partial charge >= 0.3 is 6.55 Å². The second kappa shape index (κ2) is 7.76. The van der Waals surface area contributed by atoms with Crippen molar-refractivity contribution in [3.05, 3.63) is 53.9 Å². The van der Waals surface area contributed by atoms with E-state index in [0.717, 1.165) is 25.5 Å². The molecule has 1 atom stereocenters. The van der Waals surface area contributed by atoms with E-state index in [1.54, 1.807) is 0 Å². The van der Waals surface area contributed by atoms with Crippen LogP contribution < -0.4 is 5.32 Å². The van der Waals surface area contributed by atoms with Crippen LogP contribution in [-0.4, -0.2) is 34.4 Å². The number of halogens is 2. The predicted molar refractivity (Wildman–Crippen MR) is 97.8 cm³/mol. The number of carbonyl (C=O) groups is 1. The monoisotopic (exact) mass is 377 g/mol. The zero-order valence-electron chi connectivity index (χ0n) is 15.6. The molecular weight excluding hydrogens is 352 g/mol. The van der Waals surface area contributed by atoms with Crippen molar-refractivity contribution in [3.63, 3.8) is 0 Å². The van der Waals surface area contributed by atoms with Gasteiger partial charge in [0.2, 0.25) is 0 Å². The minimum absolute atomic E-state index is 0.00336. The van der Waals surface area contributed by atoms with Gasteiger partial charge in [-0.05, 0) is 44.7 Å². The summed E-state index contributed by atoms with van der Waals surface area (Å²) in [6.45, 7) is 2.51. The van der Waals surface area contributed by atoms with E-state index in [9.17, 15) is 13.6 Å². The minimum atomic E-state index is -2.75. The van der Waals surface area contributed by atoms with Crippen LogP contribution >= 0.6 is 0 Å². The van der Waals surface area contributed by atoms with Gasteiger partial charge in [-0.2, -0.15) is 13.9 Å². The Bertz CT molecular complexity index is 777. The smallest absolute Gasteiger partial charge is 0.333 e. The molecule has 1 aromatic carbocycles. The summed E-state index contributed by atoms with van der Waals surface area (Å²) in [7, 11) is 0. The zero-order valence-corrected chi connectivity index (χ0v) is 15.6. The molecule has 0 unspecified atom stereocenters. The summed E-state index contributed by atoms with van der Waals surface area (Å²) >= 11 is 0. The molecular formula is C20H25F2N3O2. The average molecular weight is 377 g/mol. The third-order valence-electron chi connectivity index (χ3n) is 5.15. The summed E-state index contributed by atoms with van der Waals surface area (Å²) in [5.41, 5.74) is 0.890. The molecule has 3 rings (SSSR count). The molecule has 0 saturated carbocycles. The number of hydrogen-bond acceptors (Lipinski definition) is 3. The fourth-order valence-corrected chi connectivity index (χ4v) is 3.95. The summed E-state index contributed by atoms with van der Waals surface area (Å²) in [5, 5.41) is 6.43. The lowest BCUT2D eigenvalue weighted by Gasteiger charge is -2.45.